The molecular weight excluding hydrogens is 214 g/mol. The fourth-order valence-corrected chi connectivity index (χ4v) is 1.56. The largest absolute Gasteiger partial charge is 0.506 e. The van der Waals surface area contributed by atoms with Crippen LogP contribution in [0.3, 0.4) is 0 Å². The molecule has 0 aromatic carbocycles. The van der Waals surface area contributed by atoms with Crippen molar-refractivity contribution in [3.05, 3.63) is 53.6 Å². The molecule has 0 bridgehead atoms. The first-order valence-corrected chi connectivity index (χ1v) is 5.51. The molecule has 2 N–H and O–H groups in total. The van der Waals surface area contributed by atoms with E-state index in [0.29, 0.717) is 12.2 Å². The molecule has 0 fully saturated rings. The summed E-state index contributed by atoms with van der Waals surface area (Å²) < 4.78 is 0. The van der Waals surface area contributed by atoms with E-state index in [0.717, 1.165) is 17.8 Å². The Kier molecular flexibility index (Phi) is 3.67. The van der Waals surface area contributed by atoms with Gasteiger partial charge in [0.2, 0.25) is 0 Å². The summed E-state index contributed by atoms with van der Waals surface area (Å²) in [6, 6.07) is 7.38. The van der Waals surface area contributed by atoms with E-state index >= 15 is 0 Å². The third-order valence-electron chi connectivity index (χ3n) is 2.46. The van der Waals surface area contributed by atoms with Crippen LogP contribution in [0.1, 0.15) is 17.0 Å². The second-order valence-corrected chi connectivity index (χ2v) is 3.88. The van der Waals surface area contributed by atoms with Gasteiger partial charge < -0.3 is 10.4 Å². The summed E-state index contributed by atoms with van der Waals surface area (Å²) in [5, 5.41) is 12.9. The Bertz CT molecular complexity index is 485. The lowest BCUT2D eigenvalue weighted by molar-refractivity contribution is 0.459. The van der Waals surface area contributed by atoms with Crippen molar-refractivity contribution in [3.63, 3.8) is 0 Å². The number of aromatic hydroxyl groups is 1. The maximum absolute atomic E-state index is 9.62. The Hall–Kier alpha value is -1.94. The van der Waals surface area contributed by atoms with Crippen LogP contribution in [0.5, 0.6) is 5.75 Å². The molecular formula is C13H15N3O. The summed E-state index contributed by atoms with van der Waals surface area (Å²) in [7, 11) is 0. The second kappa shape index (κ2) is 5.41. The standard InChI is InChI=1S/C13H15N3O/c1-10-2-3-13(17)12(16-10)9-15-8-11-4-6-14-7-5-11/h2-7,15,17H,8-9H2,1H3. The van der Waals surface area contributed by atoms with Crippen molar-refractivity contribution in [3.8, 4) is 5.75 Å². The van der Waals surface area contributed by atoms with Gasteiger partial charge in [-0.05, 0) is 36.8 Å². The first-order valence-electron chi connectivity index (χ1n) is 5.51. The van der Waals surface area contributed by atoms with Gasteiger partial charge in [0, 0.05) is 31.2 Å². The number of aromatic nitrogens is 2. The van der Waals surface area contributed by atoms with Gasteiger partial charge >= 0.3 is 0 Å². The highest BCUT2D eigenvalue weighted by molar-refractivity contribution is 5.27. The van der Waals surface area contributed by atoms with Crippen molar-refractivity contribution in [1.82, 2.24) is 15.3 Å². The number of aryl methyl sites for hydroxylation is 1. The van der Waals surface area contributed by atoms with Gasteiger partial charge in [-0.2, -0.15) is 0 Å². The van der Waals surface area contributed by atoms with Crippen molar-refractivity contribution < 1.29 is 5.11 Å². The van der Waals surface area contributed by atoms with Crippen molar-refractivity contribution in [2.75, 3.05) is 0 Å². The molecule has 2 heterocycles. The molecule has 2 aromatic heterocycles. The smallest absolute Gasteiger partial charge is 0.138 e. The molecule has 0 aliphatic heterocycles. The van der Waals surface area contributed by atoms with Gasteiger partial charge in [-0.25, -0.2) is 0 Å². The molecule has 0 aliphatic carbocycles. The van der Waals surface area contributed by atoms with E-state index in [2.05, 4.69) is 15.3 Å². The zero-order valence-electron chi connectivity index (χ0n) is 9.72. The van der Waals surface area contributed by atoms with E-state index in [1.54, 1.807) is 24.5 Å². The molecule has 17 heavy (non-hydrogen) atoms. The van der Waals surface area contributed by atoms with Gasteiger partial charge in [0.25, 0.3) is 0 Å². The molecule has 0 amide bonds. The molecule has 0 spiro atoms. The molecule has 0 unspecified atom stereocenters. The molecule has 2 aromatic rings. The van der Waals surface area contributed by atoms with E-state index in [-0.39, 0.29) is 5.75 Å². The van der Waals surface area contributed by atoms with Crippen LogP contribution in [0.15, 0.2) is 36.7 Å². The number of hydrogen-bond donors (Lipinski definition) is 2. The van der Waals surface area contributed by atoms with E-state index < -0.39 is 0 Å². The van der Waals surface area contributed by atoms with Crippen LogP contribution in [0.25, 0.3) is 0 Å². The highest BCUT2D eigenvalue weighted by atomic mass is 16.3. The number of nitrogens with one attached hydrogen (secondary N) is 1. The molecule has 0 atom stereocenters. The topological polar surface area (TPSA) is 58.0 Å². The average Bonchev–Trinajstić information content (AvgIpc) is 2.35. The Morgan fingerprint density at radius 2 is 1.88 bits per heavy atom. The normalized spacial score (nSPS) is 10.4. The van der Waals surface area contributed by atoms with Gasteiger partial charge in [0.15, 0.2) is 0 Å². The first kappa shape index (κ1) is 11.5. The summed E-state index contributed by atoms with van der Waals surface area (Å²) in [4.78, 5) is 8.24. The maximum atomic E-state index is 9.62. The van der Waals surface area contributed by atoms with Crippen LogP contribution in [0.2, 0.25) is 0 Å². The monoisotopic (exact) mass is 229 g/mol. The lowest BCUT2D eigenvalue weighted by Gasteiger charge is -2.06. The van der Waals surface area contributed by atoms with Gasteiger partial charge in [-0.1, -0.05) is 0 Å². The first-order chi connectivity index (χ1) is 8.25. The minimum atomic E-state index is 0.234. The van der Waals surface area contributed by atoms with Crippen molar-refractivity contribution >= 4 is 0 Å². The number of rotatable bonds is 4. The Morgan fingerprint density at radius 3 is 2.65 bits per heavy atom. The van der Waals surface area contributed by atoms with E-state index in [4.69, 9.17) is 0 Å². The van der Waals surface area contributed by atoms with E-state index in [1.165, 1.54) is 0 Å². The third kappa shape index (κ3) is 3.26. The summed E-state index contributed by atoms with van der Waals surface area (Å²) in [5.41, 5.74) is 2.75. The van der Waals surface area contributed by atoms with Crippen LogP contribution in [-0.4, -0.2) is 15.1 Å². The molecule has 2 rings (SSSR count). The van der Waals surface area contributed by atoms with Gasteiger partial charge in [0.1, 0.15) is 5.75 Å². The number of pyridine rings is 2. The zero-order valence-corrected chi connectivity index (χ0v) is 9.72. The third-order valence-corrected chi connectivity index (χ3v) is 2.46. The van der Waals surface area contributed by atoms with E-state index in [9.17, 15) is 5.11 Å². The summed E-state index contributed by atoms with van der Waals surface area (Å²) in [6.07, 6.45) is 3.53. The molecule has 4 heteroatoms. The summed E-state index contributed by atoms with van der Waals surface area (Å²) in [6.45, 7) is 3.19. The van der Waals surface area contributed by atoms with Crippen LogP contribution >= 0.6 is 0 Å². The van der Waals surface area contributed by atoms with Gasteiger partial charge in [0.05, 0.1) is 5.69 Å². The molecule has 0 saturated heterocycles. The van der Waals surface area contributed by atoms with Crippen molar-refractivity contribution in [1.29, 1.82) is 0 Å². The maximum Gasteiger partial charge on any atom is 0.138 e. The number of hydrogen-bond acceptors (Lipinski definition) is 4. The van der Waals surface area contributed by atoms with Crippen molar-refractivity contribution in [2.24, 2.45) is 0 Å². The van der Waals surface area contributed by atoms with Crippen LogP contribution in [-0.2, 0) is 13.1 Å². The Balaban J connectivity index is 1.92. The lowest BCUT2D eigenvalue weighted by atomic mass is 10.2. The van der Waals surface area contributed by atoms with Crippen LogP contribution < -0.4 is 5.32 Å². The van der Waals surface area contributed by atoms with Crippen molar-refractivity contribution in [2.45, 2.75) is 20.0 Å². The van der Waals surface area contributed by atoms with Gasteiger partial charge in [-0.3, -0.25) is 9.97 Å². The predicted molar refractivity (Wildman–Crippen MR) is 65.4 cm³/mol. The fourth-order valence-electron chi connectivity index (χ4n) is 1.56. The highest BCUT2D eigenvalue weighted by Gasteiger charge is 2.02. The average molecular weight is 229 g/mol. The molecule has 4 nitrogen and oxygen atoms in total. The van der Waals surface area contributed by atoms with Gasteiger partial charge in [-0.15, -0.1) is 0 Å². The molecule has 0 saturated carbocycles. The predicted octanol–water partition coefficient (Wildman–Crippen LogP) is 1.78. The van der Waals surface area contributed by atoms with Crippen LogP contribution in [0, 0.1) is 6.92 Å². The molecule has 0 aliphatic rings. The van der Waals surface area contributed by atoms with Crippen LogP contribution in [0.4, 0.5) is 0 Å². The quantitative estimate of drug-likeness (QED) is 0.839. The Morgan fingerprint density at radius 1 is 1.12 bits per heavy atom. The van der Waals surface area contributed by atoms with E-state index in [1.807, 2.05) is 19.1 Å². The molecule has 0 radical (unpaired) electrons. The SMILES string of the molecule is Cc1ccc(O)c(CNCc2ccncc2)n1. The fraction of sp³-hybridized carbons (Fsp3) is 0.231. The second-order valence-electron chi connectivity index (χ2n) is 3.88. The number of nitrogens with zero attached hydrogens (tertiary/aromatic N) is 2. The summed E-state index contributed by atoms with van der Waals surface area (Å²) >= 11 is 0. The minimum Gasteiger partial charge on any atom is -0.506 e. The minimum absolute atomic E-state index is 0.234. The summed E-state index contributed by atoms with van der Waals surface area (Å²) in [5.74, 6) is 0.234. The lowest BCUT2D eigenvalue weighted by Crippen LogP contribution is -2.14. The Labute approximate surface area is 100 Å². The highest BCUT2D eigenvalue weighted by Crippen LogP contribution is 2.14. The molecule has 88 valence electrons. The zero-order chi connectivity index (χ0) is 12.1.